The number of aryl methyl sites for hydroxylation is 1. The minimum absolute atomic E-state index is 0.203. The number of halogens is 2. The number of pyridine rings is 1. The van der Waals surface area contributed by atoms with Crippen LogP contribution in [0.1, 0.15) is 52.9 Å². The number of aromatic nitrogens is 1. The van der Waals surface area contributed by atoms with E-state index in [1.54, 1.807) is 11.0 Å². The Morgan fingerprint density at radius 3 is 2.46 bits per heavy atom. The molecule has 0 aliphatic carbocycles. The molecule has 0 spiro atoms. The Kier molecular flexibility index (Phi) is 11.3. The van der Waals surface area contributed by atoms with Crippen LogP contribution in [0.4, 0.5) is 14.5 Å². The van der Waals surface area contributed by atoms with Crippen molar-refractivity contribution in [2.24, 2.45) is 5.73 Å². The first-order chi connectivity index (χ1) is 16.2. The van der Waals surface area contributed by atoms with Crippen LogP contribution in [0.2, 0.25) is 0 Å². The number of alkyl halides is 1. The molecule has 0 unspecified atom stereocenters. The van der Waals surface area contributed by atoms with Crippen LogP contribution >= 0.6 is 0 Å². The molecular formula is C27H41F2N5O. The SMILES string of the molecule is C=C(/C=C(C)\C=C\C(=O)N(C)/C(=C(\C)F)N(CC)CCN)[C@@H](C)Nc1ccc(C)nc1C(C)(C)F. The second-order valence-corrected chi connectivity index (χ2v) is 9.11. The van der Waals surface area contributed by atoms with Crippen LogP contribution in [0.5, 0.6) is 0 Å². The van der Waals surface area contributed by atoms with E-state index >= 15 is 0 Å². The van der Waals surface area contributed by atoms with Gasteiger partial charge in [-0.25, -0.2) is 8.78 Å². The molecule has 0 saturated heterocycles. The van der Waals surface area contributed by atoms with E-state index in [2.05, 4.69) is 16.9 Å². The molecule has 0 aromatic carbocycles. The number of nitrogens with two attached hydrogens (primary N) is 1. The molecular weight excluding hydrogens is 448 g/mol. The van der Waals surface area contributed by atoms with Gasteiger partial charge in [0.15, 0.2) is 0 Å². The molecule has 0 fully saturated rings. The van der Waals surface area contributed by atoms with Crippen molar-refractivity contribution in [1.29, 1.82) is 0 Å². The molecule has 1 aromatic heterocycles. The average molecular weight is 490 g/mol. The summed E-state index contributed by atoms with van der Waals surface area (Å²) in [4.78, 5) is 20.1. The van der Waals surface area contributed by atoms with Gasteiger partial charge in [-0.2, -0.15) is 0 Å². The summed E-state index contributed by atoms with van der Waals surface area (Å²) in [6, 6.07) is 3.43. The zero-order valence-electron chi connectivity index (χ0n) is 22.4. The molecule has 0 aliphatic heterocycles. The summed E-state index contributed by atoms with van der Waals surface area (Å²) in [5.41, 5.74) is 7.25. The van der Waals surface area contributed by atoms with E-state index in [9.17, 15) is 13.6 Å². The van der Waals surface area contributed by atoms with E-state index in [0.29, 0.717) is 31.0 Å². The highest BCUT2D eigenvalue weighted by atomic mass is 19.1. The second-order valence-electron chi connectivity index (χ2n) is 9.11. The van der Waals surface area contributed by atoms with E-state index in [-0.39, 0.29) is 17.8 Å². The molecule has 3 N–H and O–H groups in total. The molecule has 0 radical (unpaired) electrons. The number of amides is 1. The Morgan fingerprint density at radius 2 is 1.94 bits per heavy atom. The van der Waals surface area contributed by atoms with E-state index in [0.717, 1.165) is 16.8 Å². The van der Waals surface area contributed by atoms with Crippen molar-refractivity contribution in [3.63, 3.8) is 0 Å². The van der Waals surface area contributed by atoms with Crippen molar-refractivity contribution in [1.82, 2.24) is 14.8 Å². The fraction of sp³-hybridized carbons (Fsp3) is 0.481. The van der Waals surface area contributed by atoms with Gasteiger partial charge in [0.2, 0.25) is 0 Å². The first-order valence-corrected chi connectivity index (χ1v) is 11.8. The summed E-state index contributed by atoms with van der Waals surface area (Å²) in [5, 5.41) is 3.28. The summed E-state index contributed by atoms with van der Waals surface area (Å²) in [6.45, 7) is 17.2. The van der Waals surface area contributed by atoms with E-state index in [1.165, 1.54) is 38.8 Å². The Balaban J connectivity index is 2.97. The lowest BCUT2D eigenvalue weighted by atomic mass is 10.0. The second kappa shape index (κ2) is 13.2. The van der Waals surface area contributed by atoms with Gasteiger partial charge in [0.05, 0.1) is 5.69 Å². The average Bonchev–Trinajstić information content (AvgIpc) is 2.76. The molecule has 1 atom stereocenters. The van der Waals surface area contributed by atoms with Gasteiger partial charge in [-0.3, -0.25) is 14.7 Å². The number of allylic oxidation sites excluding steroid dienone is 3. The van der Waals surface area contributed by atoms with E-state index in [1.807, 2.05) is 45.9 Å². The molecule has 8 heteroatoms. The predicted molar refractivity (Wildman–Crippen MR) is 141 cm³/mol. The van der Waals surface area contributed by atoms with Gasteiger partial charge in [-0.1, -0.05) is 24.3 Å². The lowest BCUT2D eigenvalue weighted by Crippen LogP contribution is -2.39. The van der Waals surface area contributed by atoms with Crippen LogP contribution in [0, 0.1) is 6.92 Å². The predicted octanol–water partition coefficient (Wildman–Crippen LogP) is 5.35. The van der Waals surface area contributed by atoms with Gasteiger partial charge in [-0.15, -0.1) is 0 Å². The van der Waals surface area contributed by atoms with Gasteiger partial charge in [0.1, 0.15) is 23.0 Å². The Bertz CT molecular complexity index is 988. The maximum Gasteiger partial charge on any atom is 0.251 e. The van der Waals surface area contributed by atoms with Crippen molar-refractivity contribution in [2.45, 2.75) is 60.2 Å². The smallest absolute Gasteiger partial charge is 0.251 e. The Morgan fingerprint density at radius 1 is 1.31 bits per heavy atom. The highest BCUT2D eigenvalue weighted by Crippen LogP contribution is 2.30. The fourth-order valence-electron chi connectivity index (χ4n) is 3.57. The lowest BCUT2D eigenvalue weighted by Gasteiger charge is -2.31. The molecule has 1 rings (SSSR count). The number of hydrogen-bond acceptors (Lipinski definition) is 5. The summed E-state index contributed by atoms with van der Waals surface area (Å²) in [5.74, 6) is -0.612. The minimum Gasteiger partial charge on any atom is -0.377 e. The largest absolute Gasteiger partial charge is 0.377 e. The van der Waals surface area contributed by atoms with E-state index < -0.39 is 11.5 Å². The molecule has 0 aliphatic rings. The van der Waals surface area contributed by atoms with Gasteiger partial charge in [-0.05, 0) is 66.2 Å². The number of hydrogen-bond donors (Lipinski definition) is 2. The number of anilines is 1. The number of rotatable bonds is 12. The topological polar surface area (TPSA) is 74.5 Å². The quantitative estimate of drug-likeness (QED) is 0.306. The van der Waals surface area contributed by atoms with Gasteiger partial charge < -0.3 is 16.0 Å². The third-order valence-corrected chi connectivity index (χ3v) is 5.46. The van der Waals surface area contributed by atoms with Crippen LogP contribution in [0.3, 0.4) is 0 Å². The van der Waals surface area contributed by atoms with Crippen molar-refractivity contribution in [3.05, 3.63) is 71.1 Å². The summed E-state index contributed by atoms with van der Waals surface area (Å²) < 4.78 is 28.9. The molecule has 1 aromatic rings. The van der Waals surface area contributed by atoms with Gasteiger partial charge in [0.25, 0.3) is 5.91 Å². The van der Waals surface area contributed by atoms with Crippen molar-refractivity contribution >= 4 is 11.6 Å². The first kappa shape index (κ1) is 30.0. The van der Waals surface area contributed by atoms with Crippen LogP contribution in [0.15, 0.2) is 59.7 Å². The molecule has 194 valence electrons. The molecule has 0 bridgehead atoms. The van der Waals surface area contributed by atoms with Crippen molar-refractivity contribution < 1.29 is 13.6 Å². The standard InChI is InChI=1S/C27H41F2N5O/c1-10-34(16-15-30)26(21(5)28)33(9)24(35)14-11-18(2)17-19(3)22(6)32-23-13-12-20(4)31-25(23)27(7,8)29/h11-14,17,22,32H,3,10,15-16,30H2,1-2,4-9H3/b14-11+,18-17-,26-21-/t22-/m1/s1. The van der Waals surface area contributed by atoms with Gasteiger partial charge >= 0.3 is 0 Å². The molecule has 0 saturated carbocycles. The summed E-state index contributed by atoms with van der Waals surface area (Å²) in [7, 11) is 1.54. The summed E-state index contributed by atoms with van der Waals surface area (Å²) in [6.07, 6.45) is 4.89. The van der Waals surface area contributed by atoms with Crippen LogP contribution in [0.25, 0.3) is 0 Å². The third kappa shape index (κ3) is 8.94. The fourth-order valence-corrected chi connectivity index (χ4v) is 3.57. The Labute approximate surface area is 209 Å². The molecule has 6 nitrogen and oxygen atoms in total. The molecule has 35 heavy (non-hydrogen) atoms. The zero-order valence-corrected chi connectivity index (χ0v) is 22.4. The van der Waals surface area contributed by atoms with Crippen LogP contribution < -0.4 is 11.1 Å². The van der Waals surface area contributed by atoms with Crippen LogP contribution in [-0.4, -0.2) is 53.4 Å². The molecule has 1 heterocycles. The van der Waals surface area contributed by atoms with E-state index in [4.69, 9.17) is 5.73 Å². The van der Waals surface area contributed by atoms with Crippen LogP contribution in [-0.2, 0) is 10.5 Å². The normalized spacial score (nSPS) is 14.0. The minimum atomic E-state index is -1.60. The number of likely N-dealkylation sites (N-methyl/N-ethyl adjacent to an activating group) is 2. The monoisotopic (exact) mass is 489 g/mol. The maximum absolute atomic E-state index is 14.7. The summed E-state index contributed by atoms with van der Waals surface area (Å²) >= 11 is 0. The van der Waals surface area contributed by atoms with Crippen molar-refractivity contribution in [3.8, 4) is 0 Å². The lowest BCUT2D eigenvalue weighted by molar-refractivity contribution is -0.124. The third-order valence-electron chi connectivity index (χ3n) is 5.46. The number of nitrogens with zero attached hydrogens (tertiary/aromatic N) is 3. The molecule has 1 amide bonds. The highest BCUT2D eigenvalue weighted by Gasteiger charge is 2.25. The maximum atomic E-state index is 14.7. The van der Waals surface area contributed by atoms with Crippen molar-refractivity contribution in [2.75, 3.05) is 32.0 Å². The number of carbonyl (C=O) groups excluding carboxylic acids is 1. The number of nitrogens with one attached hydrogen (secondary N) is 1. The zero-order chi connectivity index (χ0) is 26.9. The number of carbonyl (C=O) groups is 1. The Hall–Kier alpha value is -3.00. The first-order valence-electron chi connectivity index (χ1n) is 11.8. The highest BCUT2D eigenvalue weighted by molar-refractivity contribution is 5.89. The van der Waals surface area contributed by atoms with Gasteiger partial charge in [0, 0.05) is 44.5 Å².